The van der Waals surface area contributed by atoms with Crippen molar-refractivity contribution in [1.29, 1.82) is 0 Å². The van der Waals surface area contributed by atoms with E-state index in [0.29, 0.717) is 48.2 Å². The number of H-pyrrole nitrogens is 1. The van der Waals surface area contributed by atoms with E-state index in [1.54, 1.807) is 35.5 Å². The molecule has 1 saturated carbocycles. The van der Waals surface area contributed by atoms with Crippen LogP contribution < -0.4 is 19.7 Å². The number of aromatic nitrogens is 2. The number of amides is 1. The Balaban J connectivity index is 0.951. The second-order valence-corrected chi connectivity index (χ2v) is 17.9. The average Bonchev–Trinajstić information content (AvgIpc) is 3.73. The number of nitrogens with one attached hydrogen (secondary N) is 3. The summed E-state index contributed by atoms with van der Waals surface area (Å²) in [6, 6.07) is 16.6. The summed E-state index contributed by atoms with van der Waals surface area (Å²) in [5.41, 5.74) is 7.82. The highest BCUT2D eigenvalue weighted by molar-refractivity contribution is 7.90. The molecule has 4 aliphatic rings. The molecule has 2 atom stereocenters. The molecule has 4 aromatic rings. The maximum absolute atomic E-state index is 13.8. The highest BCUT2D eigenvalue weighted by Gasteiger charge is 2.41. The van der Waals surface area contributed by atoms with Gasteiger partial charge in [0.2, 0.25) is 0 Å². The number of carbonyl (C=O) groups is 1. The van der Waals surface area contributed by atoms with Gasteiger partial charge in [0, 0.05) is 73.3 Å². The number of halogens is 1. The molecule has 59 heavy (non-hydrogen) atoms. The fourth-order valence-electron chi connectivity index (χ4n) is 8.58. The molecule has 2 aliphatic carbocycles. The number of benzene rings is 2. The van der Waals surface area contributed by atoms with Crippen LogP contribution in [-0.2, 0) is 20.8 Å². The van der Waals surface area contributed by atoms with Crippen molar-refractivity contribution in [1.82, 2.24) is 19.6 Å². The van der Waals surface area contributed by atoms with E-state index in [0.717, 1.165) is 66.6 Å². The fraction of sp³-hybridized carbons (Fsp3) is 0.435. The molecule has 2 unspecified atom stereocenters. The first-order valence-corrected chi connectivity index (χ1v) is 22.5. The molecule has 8 rings (SSSR count). The summed E-state index contributed by atoms with van der Waals surface area (Å²) in [6.45, 7) is 11.2. The molecular weight excluding hydrogens is 784 g/mol. The number of hydrogen-bond donors (Lipinski definition) is 3. The van der Waals surface area contributed by atoms with Crippen LogP contribution in [-0.4, -0.2) is 90.5 Å². The Kier molecular flexibility index (Phi) is 13.3. The standard InChI is InChI=1S/C46H55ClN6O5S/c1-3-35(47)6-5-32(2)42-27-46(15-4-16-46)17-13-34(42)30-52-19-21-53(22-20-52)37-9-12-41(43(26-37)58-38-25-33-14-18-48-44(33)50-28-38)45(54)51-59(55)40-10-7-36(8-11-40)49-29-39-31-56-23-24-57-39/h5-12,14,18,25-26,28,39,49H,3-4,13,15-17,19-24,27,29-31H2,1-2H3,(H,48,50)(H,51,54)/b32-5+,35-6+. The topological polar surface area (TPSA) is 127 Å². The van der Waals surface area contributed by atoms with E-state index in [9.17, 15) is 9.35 Å². The van der Waals surface area contributed by atoms with Crippen LogP contribution in [0.2, 0.25) is 0 Å². The van der Waals surface area contributed by atoms with E-state index < -0.39 is 17.3 Å². The highest BCUT2D eigenvalue weighted by atomic mass is 35.5. The number of pyridine rings is 1. The van der Waals surface area contributed by atoms with Gasteiger partial charge in [0.1, 0.15) is 28.5 Å². The minimum atomic E-state index is -1.80. The second-order valence-electron chi connectivity index (χ2n) is 16.2. The van der Waals surface area contributed by atoms with E-state index in [1.807, 2.05) is 42.6 Å². The molecule has 3 fully saturated rings. The van der Waals surface area contributed by atoms with Gasteiger partial charge in [-0.15, -0.1) is 0 Å². The number of anilines is 2. The van der Waals surface area contributed by atoms with Crippen molar-refractivity contribution in [2.75, 3.05) is 69.3 Å². The molecule has 1 amide bonds. The molecular formula is C46H55ClN6O5S. The van der Waals surface area contributed by atoms with Crippen LogP contribution in [0.5, 0.6) is 11.5 Å². The molecule has 0 bridgehead atoms. The molecule has 13 heteroatoms. The zero-order valence-electron chi connectivity index (χ0n) is 34.1. The number of ether oxygens (including phenoxy) is 3. The zero-order chi connectivity index (χ0) is 40.8. The van der Waals surface area contributed by atoms with Crippen LogP contribution in [0.1, 0.15) is 69.2 Å². The van der Waals surface area contributed by atoms with Crippen molar-refractivity contribution in [2.45, 2.75) is 69.8 Å². The van der Waals surface area contributed by atoms with Gasteiger partial charge < -0.3 is 34.0 Å². The van der Waals surface area contributed by atoms with Crippen molar-refractivity contribution in [3.63, 3.8) is 0 Å². The number of allylic oxidation sites excluding steroid dienone is 5. The Labute approximate surface area is 355 Å². The number of rotatable bonds is 14. The third-order valence-electron chi connectivity index (χ3n) is 12.3. The Morgan fingerprint density at radius 3 is 2.66 bits per heavy atom. The zero-order valence-corrected chi connectivity index (χ0v) is 35.6. The summed E-state index contributed by atoms with van der Waals surface area (Å²) in [4.78, 5) is 26.8. The van der Waals surface area contributed by atoms with Gasteiger partial charge in [-0.3, -0.25) is 9.69 Å². The van der Waals surface area contributed by atoms with E-state index in [1.165, 1.54) is 44.1 Å². The van der Waals surface area contributed by atoms with Gasteiger partial charge in [-0.05, 0) is 117 Å². The van der Waals surface area contributed by atoms with Crippen LogP contribution >= 0.6 is 11.6 Å². The molecule has 2 saturated heterocycles. The van der Waals surface area contributed by atoms with Crippen molar-refractivity contribution in [2.24, 2.45) is 5.41 Å². The number of fused-ring (bicyclic) bond motifs is 1. The maximum Gasteiger partial charge on any atom is 0.296 e. The lowest BCUT2D eigenvalue weighted by atomic mass is 9.59. The molecule has 2 aromatic carbocycles. The number of hydrogen-bond acceptors (Lipinski definition) is 9. The van der Waals surface area contributed by atoms with E-state index in [2.05, 4.69) is 55.8 Å². The summed E-state index contributed by atoms with van der Waals surface area (Å²) in [5.74, 6) is 0.365. The first-order valence-electron chi connectivity index (χ1n) is 21.0. The lowest BCUT2D eigenvalue weighted by Crippen LogP contribution is -2.47. The predicted octanol–water partition coefficient (Wildman–Crippen LogP) is 8.89. The third kappa shape index (κ3) is 10.2. The van der Waals surface area contributed by atoms with E-state index in [-0.39, 0.29) is 11.7 Å². The fourth-order valence-corrected chi connectivity index (χ4v) is 9.42. The summed E-state index contributed by atoms with van der Waals surface area (Å²) in [7, 11) is 0. The SMILES string of the molecule is CC/C(Cl)=C\C=C(/C)C1=C(CN2CCN(c3ccc(C(=O)N[S+]([O-])c4ccc(NCC5COCCO5)cc4)c(Oc4cnc5[nH]ccc5c4)c3)CC2)CCC2(CCC2)C1. The second kappa shape index (κ2) is 19.0. The predicted molar refractivity (Wildman–Crippen MR) is 236 cm³/mol. The minimum Gasteiger partial charge on any atom is -0.588 e. The first kappa shape index (κ1) is 41.4. The Morgan fingerprint density at radius 1 is 1.08 bits per heavy atom. The normalized spacial score (nSPS) is 20.7. The number of piperazine rings is 1. The van der Waals surface area contributed by atoms with Gasteiger partial charge >= 0.3 is 0 Å². The van der Waals surface area contributed by atoms with Gasteiger partial charge in [-0.25, -0.2) is 4.98 Å². The molecule has 4 heterocycles. The molecule has 2 aliphatic heterocycles. The summed E-state index contributed by atoms with van der Waals surface area (Å²) >= 11 is 4.60. The molecule has 11 nitrogen and oxygen atoms in total. The Morgan fingerprint density at radius 2 is 1.92 bits per heavy atom. The maximum atomic E-state index is 13.8. The van der Waals surface area contributed by atoms with Crippen molar-refractivity contribution < 1.29 is 23.6 Å². The van der Waals surface area contributed by atoms with Gasteiger partial charge in [-0.2, -0.15) is 4.72 Å². The Bertz CT molecular complexity index is 2190. The summed E-state index contributed by atoms with van der Waals surface area (Å²) in [6.07, 6.45) is 16.3. The lowest BCUT2D eigenvalue weighted by Gasteiger charge is -2.47. The van der Waals surface area contributed by atoms with Gasteiger partial charge in [-0.1, -0.05) is 36.6 Å². The molecule has 312 valence electrons. The number of aromatic amines is 1. The van der Waals surface area contributed by atoms with Crippen molar-refractivity contribution >= 4 is 51.3 Å². The highest BCUT2D eigenvalue weighted by Crippen LogP contribution is 2.54. The Hall–Kier alpha value is -4.30. The third-order valence-corrected chi connectivity index (χ3v) is 13.8. The average molecular weight is 840 g/mol. The lowest BCUT2D eigenvalue weighted by molar-refractivity contribution is -0.0818. The number of carbonyl (C=O) groups excluding carboxylic acids is 1. The van der Waals surface area contributed by atoms with Crippen LogP contribution in [0, 0.1) is 5.41 Å². The van der Waals surface area contributed by atoms with Crippen molar-refractivity contribution in [3.8, 4) is 11.5 Å². The van der Waals surface area contributed by atoms with Crippen molar-refractivity contribution in [3.05, 3.63) is 106 Å². The monoisotopic (exact) mass is 838 g/mol. The largest absolute Gasteiger partial charge is 0.588 e. The molecule has 3 N–H and O–H groups in total. The molecule has 0 radical (unpaired) electrons. The van der Waals surface area contributed by atoms with E-state index in [4.69, 9.17) is 25.8 Å². The minimum absolute atomic E-state index is 0.0199. The van der Waals surface area contributed by atoms with Crippen LogP contribution in [0.3, 0.4) is 0 Å². The van der Waals surface area contributed by atoms with Crippen LogP contribution in [0.4, 0.5) is 11.4 Å². The molecule has 2 aromatic heterocycles. The van der Waals surface area contributed by atoms with Crippen LogP contribution in [0.15, 0.2) is 106 Å². The smallest absolute Gasteiger partial charge is 0.296 e. The summed E-state index contributed by atoms with van der Waals surface area (Å²) < 4.78 is 33.7. The molecule has 1 spiro atoms. The van der Waals surface area contributed by atoms with Gasteiger partial charge in [0.15, 0.2) is 4.90 Å². The quantitative estimate of drug-likeness (QED) is 0.0844. The van der Waals surface area contributed by atoms with Crippen LogP contribution in [0.25, 0.3) is 11.0 Å². The van der Waals surface area contributed by atoms with E-state index >= 15 is 0 Å². The summed E-state index contributed by atoms with van der Waals surface area (Å²) in [5, 5.41) is 5.11. The first-order chi connectivity index (χ1) is 28.7. The number of nitrogens with zero attached hydrogens (tertiary/aromatic N) is 3. The van der Waals surface area contributed by atoms with Gasteiger partial charge in [0.05, 0.1) is 37.7 Å². The van der Waals surface area contributed by atoms with Gasteiger partial charge in [0.25, 0.3) is 5.91 Å².